The van der Waals surface area contributed by atoms with Crippen molar-refractivity contribution in [1.29, 1.82) is 0 Å². The molecule has 2 aromatic carbocycles. The van der Waals surface area contributed by atoms with E-state index in [4.69, 9.17) is 4.74 Å². The smallest absolute Gasteiger partial charge is 0.128 e. The molecule has 3 heteroatoms. The van der Waals surface area contributed by atoms with E-state index in [2.05, 4.69) is 12.2 Å². The van der Waals surface area contributed by atoms with E-state index in [0.717, 1.165) is 29.8 Å². The Kier molecular flexibility index (Phi) is 5.76. The lowest BCUT2D eigenvalue weighted by atomic mass is 10.0. The van der Waals surface area contributed by atoms with Gasteiger partial charge in [0.05, 0.1) is 6.61 Å². The molecule has 0 amide bonds. The van der Waals surface area contributed by atoms with Crippen LogP contribution >= 0.6 is 0 Å². The molecule has 0 heterocycles. The Hall–Kier alpha value is -1.87. The fourth-order valence-corrected chi connectivity index (χ4v) is 2.24. The number of para-hydroxylation sites is 1. The van der Waals surface area contributed by atoms with Crippen molar-refractivity contribution in [3.8, 4) is 16.9 Å². The monoisotopic (exact) mass is 287 g/mol. The van der Waals surface area contributed by atoms with Gasteiger partial charge in [-0.15, -0.1) is 0 Å². The molecule has 0 atom stereocenters. The van der Waals surface area contributed by atoms with Crippen LogP contribution in [0.1, 0.15) is 25.8 Å². The van der Waals surface area contributed by atoms with E-state index in [-0.39, 0.29) is 5.82 Å². The van der Waals surface area contributed by atoms with Gasteiger partial charge in [0.1, 0.15) is 11.6 Å². The van der Waals surface area contributed by atoms with Crippen molar-refractivity contribution >= 4 is 0 Å². The number of hydrogen-bond acceptors (Lipinski definition) is 2. The lowest BCUT2D eigenvalue weighted by molar-refractivity contribution is 0.341. The van der Waals surface area contributed by atoms with Crippen LogP contribution in [0, 0.1) is 5.82 Å². The molecule has 21 heavy (non-hydrogen) atoms. The summed E-state index contributed by atoms with van der Waals surface area (Å²) in [5.41, 5.74) is 2.46. The van der Waals surface area contributed by atoms with E-state index >= 15 is 0 Å². The first-order valence-corrected chi connectivity index (χ1v) is 7.47. The van der Waals surface area contributed by atoms with Crippen molar-refractivity contribution in [3.63, 3.8) is 0 Å². The van der Waals surface area contributed by atoms with Crippen LogP contribution in [0.3, 0.4) is 0 Å². The number of benzene rings is 2. The van der Waals surface area contributed by atoms with E-state index in [1.54, 1.807) is 6.07 Å². The fourth-order valence-electron chi connectivity index (χ4n) is 2.24. The number of rotatable bonds is 7. The molecular weight excluding hydrogens is 265 g/mol. The summed E-state index contributed by atoms with van der Waals surface area (Å²) in [5.74, 6) is 0.610. The predicted octanol–water partition coefficient (Wildman–Crippen LogP) is 4.39. The van der Waals surface area contributed by atoms with Crippen molar-refractivity contribution in [2.24, 2.45) is 0 Å². The Morgan fingerprint density at radius 3 is 2.62 bits per heavy atom. The van der Waals surface area contributed by atoms with Gasteiger partial charge in [-0.1, -0.05) is 37.3 Å². The van der Waals surface area contributed by atoms with Crippen molar-refractivity contribution in [1.82, 2.24) is 5.32 Å². The third-order valence-corrected chi connectivity index (χ3v) is 3.29. The molecule has 0 radical (unpaired) electrons. The van der Waals surface area contributed by atoms with Crippen molar-refractivity contribution in [2.75, 3.05) is 13.2 Å². The van der Waals surface area contributed by atoms with Gasteiger partial charge in [0, 0.05) is 17.7 Å². The number of halogens is 1. The van der Waals surface area contributed by atoms with Gasteiger partial charge >= 0.3 is 0 Å². The summed E-state index contributed by atoms with van der Waals surface area (Å²) in [4.78, 5) is 0. The molecule has 0 aliphatic carbocycles. The lowest BCUT2D eigenvalue weighted by Crippen LogP contribution is -2.14. The van der Waals surface area contributed by atoms with Crippen LogP contribution in [0.5, 0.6) is 5.75 Å². The molecule has 0 spiro atoms. The average Bonchev–Trinajstić information content (AvgIpc) is 2.50. The van der Waals surface area contributed by atoms with E-state index in [1.807, 2.05) is 43.3 Å². The first-order chi connectivity index (χ1) is 10.3. The third kappa shape index (κ3) is 4.05. The van der Waals surface area contributed by atoms with Gasteiger partial charge in [-0.25, -0.2) is 4.39 Å². The van der Waals surface area contributed by atoms with Gasteiger partial charge in [0.25, 0.3) is 0 Å². The maximum atomic E-state index is 14.2. The molecule has 0 saturated carbocycles. The van der Waals surface area contributed by atoms with Crippen molar-refractivity contribution in [3.05, 3.63) is 53.8 Å². The Bertz CT molecular complexity index is 583. The van der Waals surface area contributed by atoms with E-state index in [9.17, 15) is 4.39 Å². The molecule has 1 N–H and O–H groups in total. The molecular formula is C18H22FNO. The molecule has 2 nitrogen and oxygen atoms in total. The molecule has 0 unspecified atom stereocenters. The van der Waals surface area contributed by atoms with Gasteiger partial charge in [-0.05, 0) is 37.6 Å². The predicted molar refractivity (Wildman–Crippen MR) is 85.0 cm³/mol. The molecule has 0 aliphatic rings. The van der Waals surface area contributed by atoms with Crippen LogP contribution in [0.4, 0.5) is 4.39 Å². The summed E-state index contributed by atoms with van der Waals surface area (Å²) in [6.07, 6.45) is 1.04. The summed E-state index contributed by atoms with van der Waals surface area (Å²) < 4.78 is 19.8. The Balaban J connectivity index is 2.23. The zero-order chi connectivity index (χ0) is 15.1. The Morgan fingerprint density at radius 1 is 1.10 bits per heavy atom. The van der Waals surface area contributed by atoms with E-state index < -0.39 is 0 Å². The summed E-state index contributed by atoms with van der Waals surface area (Å²) >= 11 is 0. The maximum Gasteiger partial charge on any atom is 0.128 e. The van der Waals surface area contributed by atoms with Crippen LogP contribution in [0.15, 0.2) is 42.5 Å². The highest BCUT2D eigenvalue weighted by molar-refractivity contribution is 5.70. The zero-order valence-corrected chi connectivity index (χ0v) is 12.7. The number of hydrogen-bond donors (Lipinski definition) is 1. The quantitative estimate of drug-likeness (QED) is 0.763. The minimum absolute atomic E-state index is 0.178. The van der Waals surface area contributed by atoms with E-state index in [0.29, 0.717) is 18.7 Å². The second-order valence-electron chi connectivity index (χ2n) is 4.91. The summed E-state index contributed by atoms with van der Waals surface area (Å²) in [6, 6.07) is 13.1. The second kappa shape index (κ2) is 7.79. The number of nitrogens with one attached hydrogen (secondary N) is 1. The normalized spacial score (nSPS) is 10.6. The molecule has 0 bridgehead atoms. The van der Waals surface area contributed by atoms with Crippen LogP contribution in [0.2, 0.25) is 0 Å². The highest BCUT2D eigenvalue weighted by Gasteiger charge is 2.09. The third-order valence-electron chi connectivity index (χ3n) is 3.29. The average molecular weight is 287 g/mol. The first-order valence-electron chi connectivity index (χ1n) is 7.47. The van der Waals surface area contributed by atoms with Crippen LogP contribution < -0.4 is 10.1 Å². The largest absolute Gasteiger partial charge is 0.493 e. The highest BCUT2D eigenvalue weighted by Crippen LogP contribution is 2.30. The standard InChI is InChI=1S/C18H22FNO/c1-3-11-20-13-15-10-9-14(12-17(15)19)16-7-5-6-8-18(16)21-4-2/h5-10,12,20H,3-4,11,13H2,1-2H3. The zero-order valence-electron chi connectivity index (χ0n) is 12.7. The highest BCUT2D eigenvalue weighted by atomic mass is 19.1. The Labute approximate surface area is 126 Å². The van der Waals surface area contributed by atoms with Crippen LogP contribution in [-0.2, 0) is 6.54 Å². The summed E-state index contributed by atoms with van der Waals surface area (Å²) in [5, 5.41) is 3.22. The molecule has 0 fully saturated rings. The SMILES string of the molecule is CCCNCc1ccc(-c2ccccc2OCC)cc1F. The van der Waals surface area contributed by atoms with E-state index in [1.165, 1.54) is 0 Å². The first kappa shape index (κ1) is 15.5. The van der Waals surface area contributed by atoms with Gasteiger partial charge in [0.15, 0.2) is 0 Å². The van der Waals surface area contributed by atoms with Gasteiger partial charge < -0.3 is 10.1 Å². The van der Waals surface area contributed by atoms with Crippen LogP contribution in [-0.4, -0.2) is 13.2 Å². The number of ether oxygens (including phenoxy) is 1. The molecule has 2 aromatic rings. The second-order valence-corrected chi connectivity index (χ2v) is 4.91. The molecule has 2 rings (SSSR count). The molecule has 112 valence electrons. The molecule has 0 aromatic heterocycles. The Morgan fingerprint density at radius 2 is 1.90 bits per heavy atom. The molecule has 0 aliphatic heterocycles. The molecule has 0 saturated heterocycles. The van der Waals surface area contributed by atoms with Crippen molar-refractivity contribution in [2.45, 2.75) is 26.8 Å². The van der Waals surface area contributed by atoms with Gasteiger partial charge in [-0.2, -0.15) is 0 Å². The topological polar surface area (TPSA) is 21.3 Å². The summed E-state index contributed by atoms with van der Waals surface area (Å²) in [6.45, 7) is 6.09. The lowest BCUT2D eigenvalue weighted by Gasteiger charge is -2.11. The minimum atomic E-state index is -0.178. The van der Waals surface area contributed by atoms with Gasteiger partial charge in [0.2, 0.25) is 0 Å². The minimum Gasteiger partial charge on any atom is -0.493 e. The van der Waals surface area contributed by atoms with Crippen molar-refractivity contribution < 1.29 is 9.13 Å². The van der Waals surface area contributed by atoms with Gasteiger partial charge in [-0.3, -0.25) is 0 Å². The fraction of sp³-hybridized carbons (Fsp3) is 0.333. The maximum absolute atomic E-state index is 14.2. The van der Waals surface area contributed by atoms with Crippen LogP contribution in [0.25, 0.3) is 11.1 Å². The summed E-state index contributed by atoms with van der Waals surface area (Å²) in [7, 11) is 0.